The van der Waals surface area contributed by atoms with Crippen LogP contribution in [0.3, 0.4) is 0 Å². The van der Waals surface area contributed by atoms with Crippen molar-refractivity contribution < 1.29 is 76.3 Å². The number of carbonyl (C=O) groups is 8. The van der Waals surface area contributed by atoms with E-state index in [1.165, 1.54) is 0 Å². The van der Waals surface area contributed by atoms with Crippen molar-refractivity contribution >= 4 is 47.8 Å². The van der Waals surface area contributed by atoms with Gasteiger partial charge in [-0.25, -0.2) is 28.8 Å². The third kappa shape index (κ3) is 17.1. The summed E-state index contributed by atoms with van der Waals surface area (Å²) in [7, 11) is 0. The molecular formula is C42H56O16. The Morgan fingerprint density at radius 3 is 1.09 bits per heavy atom. The minimum Gasteiger partial charge on any atom is -0.465 e. The monoisotopic (exact) mass is 816 g/mol. The highest BCUT2D eigenvalue weighted by Gasteiger charge is 2.47. The lowest BCUT2D eigenvalue weighted by Gasteiger charge is -2.51. The summed E-state index contributed by atoms with van der Waals surface area (Å²) in [5.41, 5.74) is -3.69. The van der Waals surface area contributed by atoms with E-state index in [-0.39, 0.29) is 29.6 Å². The molecule has 1 aliphatic rings. The average molecular weight is 817 g/mol. The molecule has 0 saturated heterocycles. The molecule has 0 N–H and O–H groups in total. The zero-order valence-electron chi connectivity index (χ0n) is 33.7. The van der Waals surface area contributed by atoms with Crippen LogP contribution in [0.2, 0.25) is 0 Å². The van der Waals surface area contributed by atoms with E-state index in [2.05, 4.69) is 39.5 Å². The maximum Gasteiger partial charge on any atom is 0.330 e. The molecular weight excluding hydrogens is 760 g/mol. The Labute approximate surface area is 339 Å². The van der Waals surface area contributed by atoms with E-state index in [1.807, 2.05) is 20.8 Å². The molecule has 0 bridgehead atoms. The van der Waals surface area contributed by atoms with Crippen LogP contribution in [0.1, 0.15) is 59.3 Å². The van der Waals surface area contributed by atoms with Crippen molar-refractivity contribution in [3.8, 4) is 0 Å². The minimum absolute atomic E-state index is 0.0145. The van der Waals surface area contributed by atoms with Crippen molar-refractivity contribution in [1.82, 2.24) is 0 Å². The lowest BCUT2D eigenvalue weighted by atomic mass is 9.54. The molecule has 0 spiro atoms. The van der Waals surface area contributed by atoms with Gasteiger partial charge in [0.2, 0.25) is 0 Å². The van der Waals surface area contributed by atoms with E-state index in [9.17, 15) is 38.4 Å². The van der Waals surface area contributed by atoms with E-state index >= 15 is 0 Å². The summed E-state index contributed by atoms with van der Waals surface area (Å²) >= 11 is 0. The molecule has 0 aromatic heterocycles. The number of hydrogen-bond acceptors (Lipinski definition) is 16. The molecule has 1 saturated carbocycles. The van der Waals surface area contributed by atoms with Gasteiger partial charge in [0.25, 0.3) is 0 Å². The molecule has 1 rings (SSSR count). The fourth-order valence-electron chi connectivity index (χ4n) is 5.98. The predicted octanol–water partition coefficient (Wildman–Crippen LogP) is 4.42. The Bertz CT molecular complexity index is 1450. The van der Waals surface area contributed by atoms with Crippen LogP contribution in [0.15, 0.2) is 75.9 Å². The van der Waals surface area contributed by atoms with Gasteiger partial charge in [-0.05, 0) is 42.4 Å². The van der Waals surface area contributed by atoms with Crippen LogP contribution in [-0.4, -0.2) is 101 Å². The van der Waals surface area contributed by atoms with Gasteiger partial charge in [-0.3, -0.25) is 9.59 Å². The average Bonchev–Trinajstić information content (AvgIpc) is 3.21. The second kappa shape index (κ2) is 24.1. The highest BCUT2D eigenvalue weighted by molar-refractivity contribution is 5.83. The van der Waals surface area contributed by atoms with Crippen molar-refractivity contribution in [3.63, 3.8) is 0 Å². The second-order valence-electron chi connectivity index (χ2n) is 14.9. The zero-order chi connectivity index (χ0) is 44.0. The third-order valence-corrected chi connectivity index (χ3v) is 10.1. The molecule has 0 aromatic rings. The fraction of sp³-hybridized carbons (Fsp3) is 0.524. The first-order valence-corrected chi connectivity index (χ1v) is 18.3. The van der Waals surface area contributed by atoms with Crippen molar-refractivity contribution in [2.75, 3.05) is 52.9 Å². The molecule has 0 aromatic carbocycles. The van der Waals surface area contributed by atoms with Gasteiger partial charge in [0.1, 0.15) is 63.7 Å². The van der Waals surface area contributed by atoms with Crippen LogP contribution < -0.4 is 0 Å². The van der Waals surface area contributed by atoms with Crippen molar-refractivity contribution in [2.45, 2.75) is 59.3 Å². The summed E-state index contributed by atoms with van der Waals surface area (Å²) < 4.78 is 42.3. The van der Waals surface area contributed by atoms with Gasteiger partial charge >= 0.3 is 47.8 Å². The van der Waals surface area contributed by atoms with Crippen molar-refractivity contribution in [1.29, 1.82) is 0 Å². The first-order valence-electron chi connectivity index (χ1n) is 18.3. The van der Waals surface area contributed by atoms with Crippen LogP contribution in [0.25, 0.3) is 0 Å². The topological polar surface area (TPSA) is 210 Å². The molecule has 0 heterocycles. The summed E-state index contributed by atoms with van der Waals surface area (Å²) in [6, 6.07) is 0. The summed E-state index contributed by atoms with van der Waals surface area (Å²) in [5, 5.41) is 0. The van der Waals surface area contributed by atoms with Crippen molar-refractivity contribution in [3.05, 3.63) is 75.9 Å². The normalized spacial score (nSPS) is 17.1. The van der Waals surface area contributed by atoms with Gasteiger partial charge in [0.15, 0.2) is 0 Å². The van der Waals surface area contributed by atoms with Crippen molar-refractivity contribution in [2.24, 2.45) is 27.6 Å². The standard InChI is InChI=1S/C42H56O16/c1-10-31(43)51-22-41(23-52-32(44)11-2,24-53-33(45)12-3)28-57-37(49)17-19-40(9)18-16-30(21-39(40,7)8)20-38(50)58-29-42(25-54-34(46)13-4,26-55-35(47)14-5)27-56-36(48)15-6/h10-15,30H,1-6,16-29H2,7-9H3. The van der Waals surface area contributed by atoms with Gasteiger partial charge in [-0.15, -0.1) is 0 Å². The van der Waals surface area contributed by atoms with E-state index in [1.54, 1.807) is 0 Å². The van der Waals surface area contributed by atoms with Crippen LogP contribution >= 0.6 is 0 Å². The molecule has 58 heavy (non-hydrogen) atoms. The largest absolute Gasteiger partial charge is 0.465 e. The summed E-state index contributed by atoms with van der Waals surface area (Å²) in [6.45, 7) is 22.6. The molecule has 2 atom stereocenters. The van der Waals surface area contributed by atoms with Crippen LogP contribution in [0, 0.1) is 27.6 Å². The number of hydrogen-bond donors (Lipinski definition) is 0. The molecule has 0 aliphatic heterocycles. The number of ether oxygens (including phenoxy) is 8. The quantitative estimate of drug-likeness (QED) is 0.0638. The van der Waals surface area contributed by atoms with Gasteiger partial charge in [-0.2, -0.15) is 0 Å². The molecule has 16 nitrogen and oxygen atoms in total. The Kier molecular flexibility index (Phi) is 20.8. The number of esters is 8. The van der Waals surface area contributed by atoms with Gasteiger partial charge in [-0.1, -0.05) is 60.2 Å². The van der Waals surface area contributed by atoms with Crippen LogP contribution in [0.4, 0.5) is 0 Å². The molecule has 320 valence electrons. The molecule has 0 amide bonds. The Balaban J connectivity index is 3.03. The van der Waals surface area contributed by atoms with Crippen LogP contribution in [0.5, 0.6) is 0 Å². The zero-order valence-corrected chi connectivity index (χ0v) is 33.7. The highest BCUT2D eigenvalue weighted by atomic mass is 16.6. The summed E-state index contributed by atoms with van der Waals surface area (Å²) in [5.74, 6) is -6.14. The van der Waals surface area contributed by atoms with Gasteiger partial charge in [0, 0.05) is 49.3 Å². The lowest BCUT2D eigenvalue weighted by Crippen LogP contribution is -2.44. The van der Waals surface area contributed by atoms with Gasteiger partial charge < -0.3 is 37.9 Å². The van der Waals surface area contributed by atoms with Gasteiger partial charge in [0.05, 0.1) is 0 Å². The van der Waals surface area contributed by atoms with Crippen LogP contribution in [-0.2, 0) is 76.3 Å². The lowest BCUT2D eigenvalue weighted by molar-refractivity contribution is -0.169. The molecule has 1 aliphatic carbocycles. The Morgan fingerprint density at radius 2 is 0.793 bits per heavy atom. The highest BCUT2D eigenvalue weighted by Crippen LogP contribution is 2.55. The number of carbonyl (C=O) groups excluding carboxylic acids is 8. The molecule has 16 heteroatoms. The maximum absolute atomic E-state index is 13.2. The maximum atomic E-state index is 13.2. The Morgan fingerprint density at radius 1 is 0.500 bits per heavy atom. The second-order valence-corrected chi connectivity index (χ2v) is 14.9. The molecule has 2 unspecified atom stereocenters. The summed E-state index contributed by atoms with van der Waals surface area (Å²) in [6.07, 6.45) is 7.74. The first kappa shape index (κ1) is 50.2. The number of rotatable bonds is 27. The van der Waals surface area contributed by atoms with E-state index in [0.29, 0.717) is 25.7 Å². The van der Waals surface area contributed by atoms with E-state index in [0.717, 1.165) is 36.5 Å². The fourth-order valence-corrected chi connectivity index (χ4v) is 5.98. The Hall–Kier alpha value is -5.80. The van der Waals surface area contributed by atoms with E-state index < -0.39 is 111 Å². The SMILES string of the molecule is C=CC(=O)OCC(COC(=O)C=C)(COC(=O)C=C)COC(=O)CCC1(C)CCC(CC(=O)OCC(COC(=O)C=C)(COC(=O)C=C)COC(=O)C=C)CC1(C)C. The third-order valence-electron chi connectivity index (χ3n) is 10.1. The first-order chi connectivity index (χ1) is 27.3. The minimum atomic E-state index is -1.47. The smallest absolute Gasteiger partial charge is 0.330 e. The summed E-state index contributed by atoms with van der Waals surface area (Å²) in [4.78, 5) is 97.8. The molecule has 1 fully saturated rings. The predicted molar refractivity (Wildman–Crippen MR) is 207 cm³/mol. The van der Waals surface area contributed by atoms with E-state index in [4.69, 9.17) is 37.9 Å². The molecule has 0 radical (unpaired) electrons.